The zero-order valence-electron chi connectivity index (χ0n) is 8.59. The third-order valence-corrected chi connectivity index (χ3v) is 1.52. The summed E-state index contributed by atoms with van der Waals surface area (Å²) in [6.45, 7) is 6.04. The Kier molecular flexibility index (Phi) is 5.60. The van der Waals surface area contributed by atoms with Crippen LogP contribution in [-0.4, -0.2) is 5.84 Å². The van der Waals surface area contributed by atoms with Crippen molar-refractivity contribution in [3.05, 3.63) is 35.4 Å². The molecule has 0 saturated carbocycles. The number of amidine groups is 1. The molecule has 0 amide bonds. The van der Waals surface area contributed by atoms with Crippen LogP contribution in [-0.2, 0) is 6.42 Å². The van der Waals surface area contributed by atoms with E-state index in [2.05, 4.69) is 0 Å². The summed E-state index contributed by atoms with van der Waals surface area (Å²) in [5.74, 6) is 0.217. The summed E-state index contributed by atoms with van der Waals surface area (Å²) in [5.41, 5.74) is 7.58. The highest BCUT2D eigenvalue weighted by atomic mass is 14.7. The maximum absolute atomic E-state index is 7.06. The Morgan fingerprint density at radius 1 is 1.23 bits per heavy atom. The monoisotopic (exact) mass is 178 g/mol. The number of nitrogens with two attached hydrogens (primary N) is 1. The van der Waals surface area contributed by atoms with Crippen LogP contribution in [0.4, 0.5) is 0 Å². The lowest BCUT2D eigenvalue weighted by atomic mass is 10.1. The van der Waals surface area contributed by atoms with Gasteiger partial charge in [-0.3, -0.25) is 5.41 Å². The lowest BCUT2D eigenvalue weighted by molar-refractivity contribution is 1.24. The van der Waals surface area contributed by atoms with Crippen LogP contribution in [0.1, 0.15) is 25.0 Å². The van der Waals surface area contributed by atoms with Crippen molar-refractivity contribution in [2.45, 2.75) is 27.2 Å². The number of hydrogen-bond donors (Lipinski definition) is 2. The van der Waals surface area contributed by atoms with Crippen molar-refractivity contribution in [3.8, 4) is 0 Å². The van der Waals surface area contributed by atoms with Crippen LogP contribution < -0.4 is 5.73 Å². The quantitative estimate of drug-likeness (QED) is 0.530. The van der Waals surface area contributed by atoms with Gasteiger partial charge in [-0.25, -0.2) is 0 Å². The van der Waals surface area contributed by atoms with Crippen molar-refractivity contribution in [2.75, 3.05) is 0 Å². The van der Waals surface area contributed by atoms with Crippen LogP contribution in [0.25, 0.3) is 0 Å². The molecule has 1 aromatic carbocycles. The number of hydrogen-bond acceptors (Lipinski definition) is 1. The molecule has 0 aliphatic carbocycles. The van der Waals surface area contributed by atoms with Crippen molar-refractivity contribution >= 4 is 5.84 Å². The van der Waals surface area contributed by atoms with Crippen LogP contribution in [0.15, 0.2) is 24.3 Å². The van der Waals surface area contributed by atoms with Crippen LogP contribution in [0.3, 0.4) is 0 Å². The normalized spacial score (nSPS) is 8.54. The molecule has 2 nitrogen and oxygen atoms in total. The predicted octanol–water partition coefficient (Wildman–Crippen LogP) is 2.50. The molecule has 0 unspecified atom stereocenters. The van der Waals surface area contributed by atoms with E-state index in [0.717, 1.165) is 5.56 Å². The maximum Gasteiger partial charge on any atom is 0.0950 e. The molecule has 0 fully saturated rings. The average molecular weight is 178 g/mol. The second kappa shape index (κ2) is 6.23. The molecule has 2 heteroatoms. The van der Waals surface area contributed by atoms with Gasteiger partial charge in [0.05, 0.1) is 5.84 Å². The Bertz CT molecular complexity index is 249. The maximum atomic E-state index is 7.06. The second-order valence-electron chi connectivity index (χ2n) is 2.69. The Balaban J connectivity index is 0.000000671. The van der Waals surface area contributed by atoms with Gasteiger partial charge in [0.25, 0.3) is 0 Å². The Morgan fingerprint density at radius 3 is 2.08 bits per heavy atom. The standard InChI is InChI=1S/C9H12N2.C2H6/c1-7-2-4-8(5-3-7)6-9(10)11;1-2/h2-5H,6H2,1H3,(H3,10,11);1-2H3. The largest absolute Gasteiger partial charge is 0.387 e. The SMILES string of the molecule is CC.Cc1ccc(CC(=N)N)cc1. The molecule has 0 aliphatic heterocycles. The minimum atomic E-state index is 0.217. The first-order valence-electron chi connectivity index (χ1n) is 4.57. The molecule has 13 heavy (non-hydrogen) atoms. The summed E-state index contributed by atoms with van der Waals surface area (Å²) in [6.07, 6.45) is 0.556. The summed E-state index contributed by atoms with van der Waals surface area (Å²) in [6, 6.07) is 8.05. The minimum absolute atomic E-state index is 0.217. The summed E-state index contributed by atoms with van der Waals surface area (Å²) in [5, 5.41) is 7.06. The van der Waals surface area contributed by atoms with E-state index in [1.807, 2.05) is 45.0 Å². The topological polar surface area (TPSA) is 49.9 Å². The molecule has 0 aliphatic rings. The third-order valence-electron chi connectivity index (χ3n) is 1.52. The Morgan fingerprint density at radius 2 is 1.69 bits per heavy atom. The van der Waals surface area contributed by atoms with E-state index in [0.29, 0.717) is 6.42 Å². The second-order valence-corrected chi connectivity index (χ2v) is 2.69. The molecular weight excluding hydrogens is 160 g/mol. The molecular formula is C11H18N2. The minimum Gasteiger partial charge on any atom is -0.387 e. The molecule has 1 aromatic rings. The number of aryl methyl sites for hydroxylation is 1. The summed E-state index contributed by atoms with van der Waals surface area (Å²) >= 11 is 0. The molecule has 72 valence electrons. The molecule has 0 saturated heterocycles. The van der Waals surface area contributed by atoms with Gasteiger partial charge in [-0.2, -0.15) is 0 Å². The highest BCUT2D eigenvalue weighted by Gasteiger charge is 1.92. The number of benzene rings is 1. The van der Waals surface area contributed by atoms with Gasteiger partial charge in [0.2, 0.25) is 0 Å². The first kappa shape index (κ1) is 11.7. The smallest absolute Gasteiger partial charge is 0.0950 e. The van der Waals surface area contributed by atoms with E-state index in [9.17, 15) is 0 Å². The zero-order valence-corrected chi connectivity index (χ0v) is 8.59. The summed E-state index contributed by atoms with van der Waals surface area (Å²) in [4.78, 5) is 0. The predicted molar refractivity (Wildman–Crippen MR) is 58.1 cm³/mol. The highest BCUT2D eigenvalue weighted by molar-refractivity contribution is 5.79. The third kappa shape index (κ3) is 5.01. The van der Waals surface area contributed by atoms with E-state index in [4.69, 9.17) is 11.1 Å². The average Bonchev–Trinajstić information content (AvgIpc) is 2.12. The number of rotatable bonds is 2. The number of nitrogens with one attached hydrogen (secondary N) is 1. The van der Waals surface area contributed by atoms with Crippen molar-refractivity contribution < 1.29 is 0 Å². The van der Waals surface area contributed by atoms with Gasteiger partial charge in [-0.15, -0.1) is 0 Å². The first-order valence-corrected chi connectivity index (χ1v) is 4.57. The van der Waals surface area contributed by atoms with E-state index in [1.54, 1.807) is 0 Å². The van der Waals surface area contributed by atoms with Gasteiger partial charge in [0, 0.05) is 6.42 Å². The van der Waals surface area contributed by atoms with Crippen molar-refractivity contribution in [1.82, 2.24) is 0 Å². The molecule has 0 radical (unpaired) electrons. The van der Waals surface area contributed by atoms with Gasteiger partial charge in [-0.05, 0) is 12.5 Å². The van der Waals surface area contributed by atoms with Gasteiger partial charge >= 0.3 is 0 Å². The fourth-order valence-electron chi connectivity index (χ4n) is 0.926. The molecule has 0 atom stereocenters. The van der Waals surface area contributed by atoms with Crippen molar-refractivity contribution in [1.29, 1.82) is 5.41 Å². The van der Waals surface area contributed by atoms with Crippen LogP contribution in [0.2, 0.25) is 0 Å². The van der Waals surface area contributed by atoms with Gasteiger partial charge in [0.15, 0.2) is 0 Å². The molecule has 1 rings (SSSR count). The Labute approximate surface area is 80.3 Å². The summed E-state index contributed by atoms with van der Waals surface area (Å²) in [7, 11) is 0. The van der Waals surface area contributed by atoms with Crippen LogP contribution in [0.5, 0.6) is 0 Å². The molecule has 0 bridgehead atoms. The first-order chi connectivity index (χ1) is 6.18. The van der Waals surface area contributed by atoms with Gasteiger partial charge in [0.1, 0.15) is 0 Å². The lowest BCUT2D eigenvalue weighted by Crippen LogP contribution is -2.12. The van der Waals surface area contributed by atoms with Crippen molar-refractivity contribution in [2.24, 2.45) is 5.73 Å². The van der Waals surface area contributed by atoms with Gasteiger partial charge in [-0.1, -0.05) is 43.7 Å². The van der Waals surface area contributed by atoms with E-state index < -0.39 is 0 Å². The molecule has 0 aromatic heterocycles. The van der Waals surface area contributed by atoms with E-state index in [-0.39, 0.29) is 5.84 Å². The van der Waals surface area contributed by atoms with E-state index >= 15 is 0 Å². The van der Waals surface area contributed by atoms with Crippen molar-refractivity contribution in [3.63, 3.8) is 0 Å². The molecule has 0 heterocycles. The molecule has 0 spiro atoms. The molecule has 3 N–H and O–H groups in total. The Hall–Kier alpha value is -1.31. The van der Waals surface area contributed by atoms with Crippen LogP contribution in [0, 0.1) is 12.3 Å². The van der Waals surface area contributed by atoms with Gasteiger partial charge < -0.3 is 5.73 Å². The zero-order chi connectivity index (χ0) is 10.3. The highest BCUT2D eigenvalue weighted by Crippen LogP contribution is 2.02. The fraction of sp³-hybridized carbons (Fsp3) is 0.364. The van der Waals surface area contributed by atoms with Crippen LogP contribution >= 0.6 is 0 Å². The fourth-order valence-corrected chi connectivity index (χ4v) is 0.926. The summed E-state index contributed by atoms with van der Waals surface area (Å²) < 4.78 is 0. The lowest BCUT2D eigenvalue weighted by Gasteiger charge is -1.98. The van der Waals surface area contributed by atoms with E-state index in [1.165, 1.54) is 5.56 Å².